The second-order valence-corrected chi connectivity index (χ2v) is 3.12. The molecule has 0 radical (unpaired) electrons. The van der Waals surface area contributed by atoms with E-state index >= 15 is 0 Å². The maximum absolute atomic E-state index is 13.1. The Balaban J connectivity index is 2.50. The number of halogens is 1. The summed E-state index contributed by atoms with van der Waals surface area (Å²) in [5.41, 5.74) is 0.628. The summed E-state index contributed by atoms with van der Waals surface area (Å²) in [4.78, 5) is 0. The van der Waals surface area contributed by atoms with Crippen LogP contribution in [0.25, 0.3) is 0 Å². The van der Waals surface area contributed by atoms with Crippen molar-refractivity contribution >= 4 is 0 Å². The van der Waals surface area contributed by atoms with Crippen LogP contribution in [0.15, 0.2) is 24.3 Å². The smallest absolute Gasteiger partial charge is 0.128 e. The monoisotopic (exact) mass is 182 g/mol. The van der Waals surface area contributed by atoms with Crippen LogP contribution >= 0.6 is 0 Å². The van der Waals surface area contributed by atoms with Gasteiger partial charge in [0.05, 0.1) is 12.7 Å². The molecule has 1 aromatic carbocycles. The van der Waals surface area contributed by atoms with Gasteiger partial charge < -0.3 is 4.74 Å². The van der Waals surface area contributed by atoms with E-state index in [1.165, 1.54) is 6.07 Å². The van der Waals surface area contributed by atoms with Gasteiger partial charge in [0.15, 0.2) is 0 Å². The van der Waals surface area contributed by atoms with Crippen LogP contribution in [0.5, 0.6) is 0 Å². The molecule has 0 bridgehead atoms. The maximum Gasteiger partial charge on any atom is 0.128 e. The molecule has 0 aliphatic carbocycles. The van der Waals surface area contributed by atoms with E-state index < -0.39 is 0 Å². The van der Waals surface area contributed by atoms with Crippen molar-refractivity contribution in [2.45, 2.75) is 33.0 Å². The molecule has 0 amide bonds. The Morgan fingerprint density at radius 2 is 2.08 bits per heavy atom. The zero-order valence-electron chi connectivity index (χ0n) is 8.09. The average molecular weight is 182 g/mol. The molecule has 1 aromatic rings. The largest absolute Gasteiger partial charge is 0.374 e. The number of benzene rings is 1. The van der Waals surface area contributed by atoms with Gasteiger partial charge in [0.25, 0.3) is 0 Å². The second kappa shape index (κ2) is 4.97. The van der Waals surface area contributed by atoms with Crippen molar-refractivity contribution in [3.8, 4) is 0 Å². The molecule has 0 aliphatic rings. The van der Waals surface area contributed by atoms with E-state index in [0.717, 1.165) is 6.42 Å². The highest BCUT2D eigenvalue weighted by atomic mass is 19.1. The van der Waals surface area contributed by atoms with E-state index in [9.17, 15) is 4.39 Å². The molecule has 1 rings (SSSR count). The quantitative estimate of drug-likeness (QED) is 0.695. The van der Waals surface area contributed by atoms with Crippen LogP contribution < -0.4 is 0 Å². The molecule has 13 heavy (non-hydrogen) atoms. The van der Waals surface area contributed by atoms with Crippen LogP contribution in [0.1, 0.15) is 25.8 Å². The highest BCUT2D eigenvalue weighted by molar-refractivity contribution is 5.16. The van der Waals surface area contributed by atoms with Crippen molar-refractivity contribution in [2.24, 2.45) is 0 Å². The summed E-state index contributed by atoms with van der Waals surface area (Å²) in [6.45, 7) is 4.40. The van der Waals surface area contributed by atoms with Crippen molar-refractivity contribution in [3.05, 3.63) is 35.6 Å². The summed E-state index contributed by atoms with van der Waals surface area (Å²) in [5, 5.41) is 0. The average Bonchev–Trinajstić information content (AvgIpc) is 2.16. The fourth-order valence-electron chi connectivity index (χ4n) is 0.965. The molecule has 0 spiro atoms. The predicted octanol–water partition coefficient (Wildman–Crippen LogP) is 3.14. The van der Waals surface area contributed by atoms with Gasteiger partial charge >= 0.3 is 0 Å². The molecule has 2 heteroatoms. The van der Waals surface area contributed by atoms with Gasteiger partial charge in [-0.3, -0.25) is 0 Å². The van der Waals surface area contributed by atoms with Gasteiger partial charge in [0.2, 0.25) is 0 Å². The lowest BCUT2D eigenvalue weighted by Crippen LogP contribution is -2.06. The lowest BCUT2D eigenvalue weighted by atomic mass is 10.2. The van der Waals surface area contributed by atoms with Gasteiger partial charge in [0, 0.05) is 5.56 Å². The molecule has 0 N–H and O–H groups in total. The Labute approximate surface area is 78.5 Å². The fraction of sp³-hybridized carbons (Fsp3) is 0.455. The van der Waals surface area contributed by atoms with Gasteiger partial charge in [-0.1, -0.05) is 25.1 Å². The lowest BCUT2D eigenvalue weighted by molar-refractivity contribution is 0.0492. The van der Waals surface area contributed by atoms with Crippen molar-refractivity contribution in [1.29, 1.82) is 0 Å². The van der Waals surface area contributed by atoms with Crippen LogP contribution in [0.4, 0.5) is 4.39 Å². The number of hydrogen-bond acceptors (Lipinski definition) is 1. The van der Waals surface area contributed by atoms with Crippen LogP contribution in [0.2, 0.25) is 0 Å². The Morgan fingerprint density at radius 1 is 1.38 bits per heavy atom. The summed E-state index contributed by atoms with van der Waals surface area (Å²) in [7, 11) is 0. The standard InChI is InChI=1S/C11H15FO/c1-3-9(2)13-8-10-6-4-5-7-11(10)12/h4-7,9H,3,8H2,1-2H3. The van der Waals surface area contributed by atoms with Gasteiger partial charge in [-0.05, 0) is 19.4 Å². The predicted molar refractivity (Wildman–Crippen MR) is 50.9 cm³/mol. The van der Waals surface area contributed by atoms with Gasteiger partial charge in [-0.25, -0.2) is 4.39 Å². The van der Waals surface area contributed by atoms with Crippen molar-refractivity contribution in [3.63, 3.8) is 0 Å². The summed E-state index contributed by atoms with van der Waals surface area (Å²) >= 11 is 0. The van der Waals surface area contributed by atoms with Crippen LogP contribution in [0, 0.1) is 5.82 Å². The molecule has 1 unspecified atom stereocenters. The van der Waals surface area contributed by atoms with Crippen LogP contribution in [-0.4, -0.2) is 6.10 Å². The molecular formula is C11H15FO. The topological polar surface area (TPSA) is 9.23 Å². The molecule has 0 saturated heterocycles. The molecule has 1 nitrogen and oxygen atoms in total. The molecule has 0 saturated carbocycles. The summed E-state index contributed by atoms with van der Waals surface area (Å²) in [6, 6.07) is 6.70. The summed E-state index contributed by atoms with van der Waals surface area (Å²) < 4.78 is 18.5. The molecular weight excluding hydrogens is 167 g/mol. The minimum Gasteiger partial charge on any atom is -0.374 e. The Morgan fingerprint density at radius 3 is 2.69 bits per heavy atom. The summed E-state index contributed by atoms with van der Waals surface area (Å²) in [6.07, 6.45) is 1.15. The van der Waals surface area contributed by atoms with Crippen molar-refractivity contribution in [1.82, 2.24) is 0 Å². The normalized spacial score (nSPS) is 12.8. The number of hydrogen-bond donors (Lipinski definition) is 0. The minimum absolute atomic E-state index is 0.189. The Hall–Kier alpha value is -0.890. The first-order valence-electron chi connectivity index (χ1n) is 4.59. The SMILES string of the molecule is CCC(C)OCc1ccccc1F. The zero-order valence-corrected chi connectivity index (χ0v) is 8.09. The van der Waals surface area contributed by atoms with Gasteiger partial charge in [-0.15, -0.1) is 0 Å². The molecule has 0 aliphatic heterocycles. The first-order chi connectivity index (χ1) is 6.24. The maximum atomic E-state index is 13.1. The minimum atomic E-state index is -0.189. The van der Waals surface area contributed by atoms with Crippen LogP contribution in [0.3, 0.4) is 0 Å². The van der Waals surface area contributed by atoms with Crippen molar-refractivity contribution < 1.29 is 9.13 Å². The molecule has 0 fully saturated rings. The van der Waals surface area contributed by atoms with E-state index in [4.69, 9.17) is 4.74 Å². The first kappa shape index (κ1) is 10.2. The highest BCUT2D eigenvalue weighted by Gasteiger charge is 2.02. The Bertz CT molecular complexity index is 260. The molecule has 0 aromatic heterocycles. The van der Waals surface area contributed by atoms with Gasteiger partial charge in [-0.2, -0.15) is 0 Å². The summed E-state index contributed by atoms with van der Waals surface area (Å²) in [5.74, 6) is -0.189. The van der Waals surface area contributed by atoms with Crippen molar-refractivity contribution in [2.75, 3.05) is 0 Å². The third-order valence-corrected chi connectivity index (χ3v) is 2.06. The number of ether oxygens (including phenoxy) is 1. The molecule has 0 heterocycles. The third kappa shape index (κ3) is 3.15. The second-order valence-electron chi connectivity index (χ2n) is 3.12. The van der Waals surface area contributed by atoms with Crippen LogP contribution in [-0.2, 0) is 11.3 Å². The first-order valence-corrected chi connectivity index (χ1v) is 4.59. The zero-order chi connectivity index (χ0) is 9.68. The lowest BCUT2D eigenvalue weighted by Gasteiger charge is -2.10. The molecule has 72 valence electrons. The van der Waals surface area contributed by atoms with E-state index in [0.29, 0.717) is 12.2 Å². The van der Waals surface area contributed by atoms with Gasteiger partial charge in [0.1, 0.15) is 5.82 Å². The van der Waals surface area contributed by atoms with E-state index in [1.807, 2.05) is 19.9 Å². The molecule has 1 atom stereocenters. The third-order valence-electron chi connectivity index (χ3n) is 2.06. The van der Waals surface area contributed by atoms with E-state index in [-0.39, 0.29) is 11.9 Å². The fourth-order valence-corrected chi connectivity index (χ4v) is 0.965. The highest BCUT2D eigenvalue weighted by Crippen LogP contribution is 2.09. The Kier molecular flexibility index (Phi) is 3.90. The number of rotatable bonds is 4. The van der Waals surface area contributed by atoms with E-state index in [1.54, 1.807) is 12.1 Å². The van der Waals surface area contributed by atoms with E-state index in [2.05, 4.69) is 0 Å².